The van der Waals surface area contributed by atoms with Gasteiger partial charge in [-0.05, 0) is 17.2 Å². The van der Waals surface area contributed by atoms with Gasteiger partial charge in [-0.2, -0.15) is 5.10 Å². The van der Waals surface area contributed by atoms with E-state index in [1.807, 2.05) is 59.4 Å². The number of carbonyl (C=O) groups excluding carboxylic acids is 1. The number of para-hydroxylation sites is 1. The molecule has 3 N–H and O–H groups in total. The van der Waals surface area contributed by atoms with Crippen LogP contribution < -0.4 is 11.3 Å². The third-order valence-corrected chi connectivity index (χ3v) is 3.50. The Morgan fingerprint density at radius 2 is 1.81 bits per heavy atom. The van der Waals surface area contributed by atoms with Crippen LogP contribution in [0.2, 0.25) is 0 Å². The second-order valence-corrected chi connectivity index (χ2v) is 4.87. The van der Waals surface area contributed by atoms with E-state index >= 15 is 0 Å². The lowest BCUT2D eigenvalue weighted by atomic mass is 10.0. The third kappa shape index (κ3) is 2.78. The minimum atomic E-state index is -0.201. The lowest BCUT2D eigenvalue weighted by Crippen LogP contribution is -2.31. The lowest BCUT2D eigenvalue weighted by molar-refractivity contribution is -0.120. The summed E-state index contributed by atoms with van der Waals surface area (Å²) in [5, 5.41) is 5.53. The zero-order chi connectivity index (χ0) is 14.7. The van der Waals surface area contributed by atoms with Crippen molar-refractivity contribution in [1.82, 2.24) is 15.2 Å². The van der Waals surface area contributed by atoms with Crippen LogP contribution in [-0.2, 0) is 17.8 Å². The summed E-state index contributed by atoms with van der Waals surface area (Å²) >= 11 is 0. The van der Waals surface area contributed by atoms with Gasteiger partial charge in [0, 0.05) is 5.39 Å². The van der Waals surface area contributed by atoms with Gasteiger partial charge in [0.1, 0.15) is 0 Å². The number of hydrogen-bond acceptors (Lipinski definition) is 3. The predicted molar refractivity (Wildman–Crippen MR) is 81.3 cm³/mol. The number of hydrogen-bond donors (Lipinski definition) is 2. The summed E-state index contributed by atoms with van der Waals surface area (Å²) in [7, 11) is 0. The number of hydrazine groups is 1. The maximum Gasteiger partial charge on any atom is 0.238 e. The highest BCUT2D eigenvalue weighted by Gasteiger charge is 2.09. The summed E-state index contributed by atoms with van der Waals surface area (Å²) in [6, 6.07) is 15.9. The van der Waals surface area contributed by atoms with Gasteiger partial charge in [0.05, 0.1) is 24.7 Å². The SMILES string of the molecule is NNC(=O)Cc1ccccc1Cn1ncc2ccccc21. The predicted octanol–water partition coefficient (Wildman–Crippen LogP) is 1.62. The van der Waals surface area contributed by atoms with E-state index in [1.54, 1.807) is 0 Å². The van der Waals surface area contributed by atoms with Gasteiger partial charge >= 0.3 is 0 Å². The Bertz CT molecular complexity index is 779. The molecular formula is C16H16N4O. The van der Waals surface area contributed by atoms with E-state index in [4.69, 9.17) is 5.84 Å². The molecule has 5 nitrogen and oxygen atoms in total. The van der Waals surface area contributed by atoms with E-state index in [2.05, 4.69) is 10.5 Å². The number of fused-ring (bicyclic) bond motifs is 1. The van der Waals surface area contributed by atoms with E-state index < -0.39 is 0 Å². The number of aromatic nitrogens is 2. The van der Waals surface area contributed by atoms with Crippen molar-refractivity contribution in [3.63, 3.8) is 0 Å². The number of nitrogens with zero attached hydrogens (tertiary/aromatic N) is 2. The first-order valence-electron chi connectivity index (χ1n) is 6.74. The summed E-state index contributed by atoms with van der Waals surface area (Å²) in [4.78, 5) is 11.5. The van der Waals surface area contributed by atoms with Crippen LogP contribution in [0.25, 0.3) is 10.9 Å². The Morgan fingerprint density at radius 3 is 2.62 bits per heavy atom. The van der Waals surface area contributed by atoms with Crippen molar-refractivity contribution in [3.8, 4) is 0 Å². The summed E-state index contributed by atoms with van der Waals surface area (Å²) in [5.74, 6) is 4.96. The molecule has 3 rings (SSSR count). The Kier molecular flexibility index (Phi) is 3.66. The highest BCUT2D eigenvalue weighted by molar-refractivity contribution is 5.79. The van der Waals surface area contributed by atoms with Crippen molar-refractivity contribution in [1.29, 1.82) is 0 Å². The molecule has 0 fully saturated rings. The van der Waals surface area contributed by atoms with Crippen LogP contribution in [0.1, 0.15) is 11.1 Å². The lowest BCUT2D eigenvalue weighted by Gasteiger charge is -2.10. The van der Waals surface area contributed by atoms with E-state index in [1.165, 1.54) is 0 Å². The molecule has 0 bridgehead atoms. The van der Waals surface area contributed by atoms with E-state index in [0.717, 1.165) is 22.0 Å². The average molecular weight is 280 g/mol. The third-order valence-electron chi connectivity index (χ3n) is 3.50. The Labute approximate surface area is 122 Å². The van der Waals surface area contributed by atoms with Gasteiger partial charge in [0.25, 0.3) is 0 Å². The number of nitrogens with one attached hydrogen (secondary N) is 1. The van der Waals surface area contributed by atoms with Gasteiger partial charge in [-0.3, -0.25) is 14.9 Å². The van der Waals surface area contributed by atoms with Gasteiger partial charge in [-0.15, -0.1) is 0 Å². The van der Waals surface area contributed by atoms with E-state index in [-0.39, 0.29) is 12.3 Å². The van der Waals surface area contributed by atoms with E-state index in [9.17, 15) is 4.79 Å². The van der Waals surface area contributed by atoms with Crippen LogP contribution in [0.4, 0.5) is 0 Å². The van der Waals surface area contributed by atoms with E-state index in [0.29, 0.717) is 6.54 Å². The van der Waals surface area contributed by atoms with Crippen molar-refractivity contribution in [2.24, 2.45) is 5.84 Å². The molecule has 0 unspecified atom stereocenters. The first-order chi connectivity index (χ1) is 10.3. The fourth-order valence-electron chi connectivity index (χ4n) is 2.42. The maximum absolute atomic E-state index is 11.5. The number of carbonyl (C=O) groups is 1. The molecule has 0 saturated heterocycles. The molecule has 2 aromatic carbocycles. The molecule has 3 aromatic rings. The second-order valence-electron chi connectivity index (χ2n) is 4.87. The Hall–Kier alpha value is -2.66. The highest BCUT2D eigenvalue weighted by atomic mass is 16.2. The normalized spacial score (nSPS) is 10.7. The van der Waals surface area contributed by atoms with Crippen LogP contribution in [0, 0.1) is 0 Å². The second kappa shape index (κ2) is 5.76. The molecule has 1 heterocycles. The van der Waals surface area contributed by atoms with Gasteiger partial charge in [0.2, 0.25) is 5.91 Å². The van der Waals surface area contributed by atoms with Crippen LogP contribution in [0.15, 0.2) is 54.7 Å². The van der Waals surface area contributed by atoms with Gasteiger partial charge in [-0.25, -0.2) is 5.84 Å². The zero-order valence-electron chi connectivity index (χ0n) is 11.5. The standard InChI is InChI=1S/C16H16N4O/c17-19-16(21)9-12-5-1-2-7-14(12)11-20-15-8-4-3-6-13(15)10-18-20/h1-8,10H,9,11,17H2,(H,19,21). The minimum absolute atomic E-state index is 0.201. The van der Waals surface area contributed by atoms with Gasteiger partial charge < -0.3 is 0 Å². The molecule has 0 aliphatic carbocycles. The van der Waals surface area contributed by atoms with Crippen molar-refractivity contribution < 1.29 is 4.79 Å². The fourth-order valence-corrected chi connectivity index (χ4v) is 2.42. The van der Waals surface area contributed by atoms with Gasteiger partial charge in [0.15, 0.2) is 0 Å². The molecule has 5 heteroatoms. The molecule has 21 heavy (non-hydrogen) atoms. The van der Waals surface area contributed by atoms with Gasteiger partial charge in [-0.1, -0.05) is 42.5 Å². The first kappa shape index (κ1) is 13.3. The quantitative estimate of drug-likeness (QED) is 0.433. The maximum atomic E-state index is 11.5. The van der Waals surface area contributed by atoms with Crippen molar-refractivity contribution in [2.45, 2.75) is 13.0 Å². The van der Waals surface area contributed by atoms with Crippen molar-refractivity contribution in [2.75, 3.05) is 0 Å². The smallest absolute Gasteiger partial charge is 0.238 e. The monoisotopic (exact) mass is 280 g/mol. The number of nitrogens with two attached hydrogens (primary N) is 1. The fraction of sp³-hybridized carbons (Fsp3) is 0.125. The van der Waals surface area contributed by atoms with Crippen molar-refractivity contribution in [3.05, 3.63) is 65.9 Å². The molecule has 1 amide bonds. The average Bonchev–Trinajstić information content (AvgIpc) is 2.92. The molecule has 1 aromatic heterocycles. The molecule has 0 aliphatic heterocycles. The largest absolute Gasteiger partial charge is 0.294 e. The minimum Gasteiger partial charge on any atom is -0.294 e. The molecule has 0 spiro atoms. The topological polar surface area (TPSA) is 72.9 Å². The Balaban J connectivity index is 1.93. The summed E-state index contributed by atoms with van der Waals surface area (Å²) in [6.45, 7) is 0.627. The molecular weight excluding hydrogens is 264 g/mol. The summed E-state index contributed by atoms with van der Waals surface area (Å²) < 4.78 is 1.94. The first-order valence-corrected chi connectivity index (χ1v) is 6.74. The molecule has 106 valence electrons. The molecule has 0 saturated carbocycles. The molecule has 0 atom stereocenters. The van der Waals surface area contributed by atoms with Crippen LogP contribution >= 0.6 is 0 Å². The van der Waals surface area contributed by atoms with Crippen LogP contribution in [0.3, 0.4) is 0 Å². The number of benzene rings is 2. The van der Waals surface area contributed by atoms with Crippen LogP contribution in [-0.4, -0.2) is 15.7 Å². The number of rotatable bonds is 4. The molecule has 0 aliphatic rings. The Morgan fingerprint density at radius 1 is 1.10 bits per heavy atom. The summed E-state index contributed by atoms with van der Waals surface area (Å²) in [5.41, 5.74) is 5.27. The highest BCUT2D eigenvalue weighted by Crippen LogP contribution is 2.17. The zero-order valence-corrected chi connectivity index (χ0v) is 11.5. The summed E-state index contributed by atoms with van der Waals surface area (Å²) in [6.07, 6.45) is 2.12. The molecule has 0 radical (unpaired) electrons. The van der Waals surface area contributed by atoms with Crippen LogP contribution in [0.5, 0.6) is 0 Å². The van der Waals surface area contributed by atoms with Crippen molar-refractivity contribution >= 4 is 16.8 Å². The number of amides is 1.